The summed E-state index contributed by atoms with van der Waals surface area (Å²) in [6.45, 7) is 12.2. The van der Waals surface area contributed by atoms with Gasteiger partial charge in [-0.25, -0.2) is 4.68 Å². The maximum Gasteiger partial charge on any atom is 0.255 e. The first-order valence-corrected chi connectivity index (χ1v) is 24.3. The van der Waals surface area contributed by atoms with Crippen LogP contribution in [-0.4, -0.2) is 145 Å². The van der Waals surface area contributed by atoms with Crippen molar-refractivity contribution in [1.82, 2.24) is 34.7 Å². The van der Waals surface area contributed by atoms with Crippen LogP contribution in [0.3, 0.4) is 0 Å². The summed E-state index contributed by atoms with van der Waals surface area (Å²) >= 11 is 0. The lowest BCUT2D eigenvalue weighted by molar-refractivity contribution is -0.125. The number of fused-ring (bicyclic) bond motifs is 1. The Morgan fingerprint density at radius 3 is 2.15 bits per heavy atom. The number of aryl methyl sites for hydroxylation is 1. The van der Waals surface area contributed by atoms with E-state index in [-0.39, 0.29) is 24.7 Å². The van der Waals surface area contributed by atoms with Crippen molar-refractivity contribution in [3.63, 3.8) is 0 Å². The minimum absolute atomic E-state index is 0.172. The number of rotatable bonds is 17. The lowest BCUT2D eigenvalue weighted by Gasteiger charge is -2.38. The van der Waals surface area contributed by atoms with Crippen LogP contribution in [0.5, 0.6) is 11.5 Å². The number of hydrogen-bond donors (Lipinski definition) is 3. The van der Waals surface area contributed by atoms with Crippen LogP contribution in [0.2, 0.25) is 0 Å². The Balaban J connectivity index is 0.000000225. The number of likely N-dealkylation sites (tertiary alicyclic amines) is 3. The predicted molar refractivity (Wildman–Crippen MR) is 261 cm³/mol. The molecule has 4 aliphatic rings. The fraction of sp³-hybridized carbons (Fsp3) is 0.500. The Labute approximate surface area is 395 Å². The summed E-state index contributed by atoms with van der Waals surface area (Å²) in [4.78, 5) is 69.9. The van der Waals surface area contributed by atoms with Crippen molar-refractivity contribution < 1.29 is 28.7 Å². The number of para-hydroxylation sites is 1. The molecule has 15 nitrogen and oxygen atoms in total. The summed E-state index contributed by atoms with van der Waals surface area (Å²) < 4.78 is 7.61. The Morgan fingerprint density at radius 2 is 1.51 bits per heavy atom. The van der Waals surface area contributed by atoms with Crippen molar-refractivity contribution in [3.05, 3.63) is 95.1 Å². The first-order valence-electron chi connectivity index (χ1n) is 24.3. The smallest absolute Gasteiger partial charge is 0.255 e. The highest BCUT2D eigenvalue weighted by Gasteiger charge is 2.30. The fourth-order valence-electron chi connectivity index (χ4n) is 9.99. The van der Waals surface area contributed by atoms with E-state index in [1.165, 1.54) is 76.8 Å². The first kappa shape index (κ1) is 49.0. The first-order chi connectivity index (χ1) is 32.6. The van der Waals surface area contributed by atoms with Crippen molar-refractivity contribution in [3.8, 4) is 22.8 Å². The van der Waals surface area contributed by atoms with E-state index in [0.29, 0.717) is 40.4 Å². The second-order valence-corrected chi connectivity index (χ2v) is 18.4. The summed E-state index contributed by atoms with van der Waals surface area (Å²) in [5.41, 5.74) is 9.17. The SMILES string of the molecule is CNC(=O)C(CCC=O)N(C)C(=O)c1cc(C2CCN(CCN3CCC(CN4CCCCC4)CC3)CC2)ccc1C=O.NC(=O)c1c(-c2ccc(Oc3ccccc3)cc2)nn2c1NCCC2. The van der Waals surface area contributed by atoms with Gasteiger partial charge in [0.15, 0.2) is 6.29 Å². The molecule has 4 aromatic rings. The highest BCUT2D eigenvalue weighted by Crippen LogP contribution is 2.33. The van der Waals surface area contributed by atoms with Gasteiger partial charge in [0, 0.05) is 64.4 Å². The molecular weight excluding hydrogens is 847 g/mol. The zero-order chi connectivity index (χ0) is 47.1. The van der Waals surface area contributed by atoms with Gasteiger partial charge >= 0.3 is 0 Å². The zero-order valence-electron chi connectivity index (χ0n) is 39.4. The van der Waals surface area contributed by atoms with Crippen LogP contribution in [0.15, 0.2) is 72.8 Å². The van der Waals surface area contributed by atoms with Crippen LogP contribution >= 0.6 is 0 Å². The van der Waals surface area contributed by atoms with Gasteiger partial charge in [-0.1, -0.05) is 36.8 Å². The van der Waals surface area contributed by atoms with E-state index in [4.69, 9.17) is 10.5 Å². The van der Waals surface area contributed by atoms with E-state index in [9.17, 15) is 24.0 Å². The highest BCUT2D eigenvalue weighted by atomic mass is 16.5. The Bertz CT molecular complexity index is 2260. The lowest BCUT2D eigenvalue weighted by atomic mass is 9.87. The number of likely N-dealkylation sites (N-methyl/N-ethyl adjacent to an activating group) is 2. The van der Waals surface area contributed by atoms with Gasteiger partial charge in [-0.2, -0.15) is 5.10 Å². The Hall–Kier alpha value is -5.90. The molecule has 1 aromatic heterocycles. The molecule has 3 saturated heterocycles. The van der Waals surface area contributed by atoms with Crippen molar-refractivity contribution in [2.75, 3.05) is 84.9 Å². The normalized spacial score (nSPS) is 17.8. The molecule has 4 aliphatic heterocycles. The highest BCUT2D eigenvalue weighted by molar-refractivity contribution is 6.04. The average Bonchev–Trinajstić information content (AvgIpc) is 3.77. The maximum atomic E-state index is 13.5. The molecule has 0 radical (unpaired) electrons. The topological polar surface area (TPSA) is 175 Å². The minimum atomic E-state index is -0.778. The standard InChI is InChI=1S/C33H51N5O4.C19H18N4O2/c1-34-32(41)31(7-6-22-39)35(2)33(42)30-23-28(8-9-29(30)25-40)27-12-18-37(19-13-27)21-20-36-16-10-26(11-17-36)24-38-14-4-3-5-15-38;20-18(24)16-17(22-23-12-4-11-21-19(16)23)13-7-9-15(10-8-13)25-14-5-2-1-3-6-14/h8-9,22-23,25-27,31H,3-7,10-21,24H2,1-2H3,(H,34,41);1-3,5-10,21H,4,11-12H2,(H2,20,24). The minimum Gasteiger partial charge on any atom is -0.457 e. The van der Waals surface area contributed by atoms with Crippen LogP contribution < -0.4 is 21.1 Å². The molecule has 358 valence electrons. The van der Waals surface area contributed by atoms with Crippen LogP contribution in [0.4, 0.5) is 5.82 Å². The van der Waals surface area contributed by atoms with Crippen molar-refractivity contribution in [2.45, 2.75) is 82.7 Å². The van der Waals surface area contributed by atoms with E-state index in [1.54, 1.807) is 13.1 Å². The number of piperidine rings is 3. The Morgan fingerprint density at radius 1 is 0.836 bits per heavy atom. The fourth-order valence-corrected chi connectivity index (χ4v) is 9.99. The van der Waals surface area contributed by atoms with Crippen molar-refractivity contribution in [2.24, 2.45) is 11.7 Å². The number of carbonyl (C=O) groups is 5. The molecule has 3 fully saturated rings. The number of amides is 3. The van der Waals surface area contributed by atoms with Gasteiger partial charge in [-0.15, -0.1) is 0 Å². The molecule has 3 aromatic carbocycles. The molecule has 0 saturated carbocycles. The van der Waals surface area contributed by atoms with Crippen LogP contribution in [-0.2, 0) is 16.1 Å². The van der Waals surface area contributed by atoms with E-state index < -0.39 is 11.9 Å². The van der Waals surface area contributed by atoms with Gasteiger partial charge in [0.1, 0.15) is 40.9 Å². The molecule has 1 unspecified atom stereocenters. The number of benzene rings is 3. The monoisotopic (exact) mass is 916 g/mol. The quantitative estimate of drug-likeness (QED) is 0.102. The third-order valence-corrected chi connectivity index (χ3v) is 13.9. The van der Waals surface area contributed by atoms with E-state index in [0.717, 1.165) is 93.4 Å². The van der Waals surface area contributed by atoms with E-state index in [2.05, 4.69) is 30.4 Å². The van der Waals surface area contributed by atoms with Gasteiger partial charge in [0.05, 0.1) is 5.56 Å². The molecule has 8 rings (SSSR count). The molecule has 3 amide bonds. The number of aldehydes is 2. The van der Waals surface area contributed by atoms with Gasteiger partial charge in [0.25, 0.3) is 11.8 Å². The summed E-state index contributed by atoms with van der Waals surface area (Å²) in [6, 6.07) is 21.8. The average molecular weight is 916 g/mol. The van der Waals surface area contributed by atoms with E-state index in [1.807, 2.05) is 71.4 Å². The third kappa shape index (κ3) is 13.0. The molecule has 0 bridgehead atoms. The number of primary amides is 1. The van der Waals surface area contributed by atoms with Crippen LogP contribution in [0.25, 0.3) is 11.3 Å². The maximum absolute atomic E-state index is 13.5. The number of hydrogen-bond acceptors (Lipinski definition) is 11. The molecule has 0 spiro atoms. The van der Waals surface area contributed by atoms with Gasteiger partial charge < -0.3 is 45.5 Å². The number of anilines is 1. The second kappa shape index (κ2) is 24.2. The summed E-state index contributed by atoms with van der Waals surface area (Å²) in [5, 5.41) is 10.4. The summed E-state index contributed by atoms with van der Waals surface area (Å²) in [6.07, 6.45) is 11.7. The van der Waals surface area contributed by atoms with Gasteiger partial charge in [-0.05, 0) is 150 Å². The summed E-state index contributed by atoms with van der Waals surface area (Å²) in [7, 11) is 3.07. The number of carbonyl (C=O) groups excluding carboxylic acids is 5. The zero-order valence-corrected chi connectivity index (χ0v) is 39.4. The number of nitrogens with two attached hydrogens (primary N) is 1. The second-order valence-electron chi connectivity index (χ2n) is 18.4. The molecule has 1 atom stereocenters. The largest absolute Gasteiger partial charge is 0.457 e. The number of nitrogens with zero attached hydrogens (tertiary/aromatic N) is 6. The number of nitrogens with one attached hydrogen (secondary N) is 2. The van der Waals surface area contributed by atoms with E-state index >= 15 is 0 Å². The third-order valence-electron chi connectivity index (χ3n) is 13.9. The van der Waals surface area contributed by atoms with Crippen LogP contribution in [0.1, 0.15) is 107 Å². The van der Waals surface area contributed by atoms with Gasteiger partial charge in [-0.3, -0.25) is 19.2 Å². The summed E-state index contributed by atoms with van der Waals surface area (Å²) in [5.74, 6) is 2.21. The molecular formula is C52H69N9O6. The lowest BCUT2D eigenvalue weighted by Crippen LogP contribution is -2.47. The van der Waals surface area contributed by atoms with Gasteiger partial charge in [0.2, 0.25) is 5.91 Å². The van der Waals surface area contributed by atoms with Crippen molar-refractivity contribution >= 4 is 36.1 Å². The Kier molecular flexibility index (Phi) is 17.7. The molecule has 0 aliphatic carbocycles. The van der Waals surface area contributed by atoms with Crippen LogP contribution in [0, 0.1) is 5.92 Å². The predicted octanol–water partition coefficient (Wildman–Crippen LogP) is 6.30. The number of ether oxygens (including phenoxy) is 1. The molecule has 67 heavy (non-hydrogen) atoms. The molecule has 15 heteroatoms. The molecule has 5 heterocycles. The van der Waals surface area contributed by atoms with Crippen molar-refractivity contribution in [1.29, 1.82) is 0 Å². The number of aromatic nitrogens is 2. The molecule has 4 N–H and O–H groups in total.